The second-order valence-electron chi connectivity index (χ2n) is 5.83. The van der Waals surface area contributed by atoms with Crippen molar-refractivity contribution in [2.24, 2.45) is 0 Å². The Kier molecular flexibility index (Phi) is 2.97. The van der Waals surface area contributed by atoms with Gasteiger partial charge >= 0.3 is 0 Å². The van der Waals surface area contributed by atoms with Crippen molar-refractivity contribution in [1.29, 1.82) is 0 Å². The molecule has 4 rings (SSSR count). The van der Waals surface area contributed by atoms with Crippen LogP contribution in [-0.2, 0) is 6.42 Å². The van der Waals surface area contributed by atoms with Gasteiger partial charge in [-0.1, -0.05) is 48.6 Å². The zero-order chi connectivity index (χ0) is 14.4. The summed E-state index contributed by atoms with van der Waals surface area (Å²) < 4.78 is 1.46. The van der Waals surface area contributed by atoms with E-state index in [9.17, 15) is 0 Å². The maximum absolute atomic E-state index is 2.31. The fraction of sp³-hybridized carbons (Fsp3) is 0.200. The highest BCUT2D eigenvalue weighted by Gasteiger charge is 2.17. The second-order valence-corrected chi connectivity index (χ2v) is 6.93. The SMILES string of the molecule is Cc1ccccc1-c1c(C)ccc2c3c(sc12)CCC=C3. The van der Waals surface area contributed by atoms with E-state index in [4.69, 9.17) is 0 Å². The third-order valence-corrected chi connectivity index (χ3v) is 5.72. The summed E-state index contributed by atoms with van der Waals surface area (Å²) in [5, 5.41) is 1.43. The van der Waals surface area contributed by atoms with E-state index < -0.39 is 0 Å². The van der Waals surface area contributed by atoms with Crippen molar-refractivity contribution < 1.29 is 0 Å². The van der Waals surface area contributed by atoms with E-state index in [1.54, 1.807) is 4.88 Å². The minimum Gasteiger partial charge on any atom is -0.139 e. The molecule has 0 bridgehead atoms. The highest BCUT2D eigenvalue weighted by Crippen LogP contribution is 2.42. The zero-order valence-electron chi connectivity index (χ0n) is 12.4. The molecule has 0 saturated carbocycles. The molecule has 0 amide bonds. The van der Waals surface area contributed by atoms with Crippen LogP contribution in [0.1, 0.15) is 28.0 Å². The van der Waals surface area contributed by atoms with E-state index in [2.05, 4.69) is 62.4 Å². The van der Waals surface area contributed by atoms with E-state index in [1.165, 1.54) is 50.7 Å². The second kappa shape index (κ2) is 4.85. The third-order valence-electron chi connectivity index (χ3n) is 4.42. The summed E-state index contributed by atoms with van der Waals surface area (Å²) in [5.41, 5.74) is 6.99. The number of benzene rings is 2. The Balaban J connectivity index is 2.09. The smallest absolute Gasteiger partial charge is 0.0433 e. The molecule has 0 N–H and O–H groups in total. The molecule has 0 spiro atoms. The van der Waals surface area contributed by atoms with E-state index in [1.807, 2.05) is 11.3 Å². The molecular formula is C20H18S. The fourth-order valence-electron chi connectivity index (χ4n) is 3.30. The molecule has 21 heavy (non-hydrogen) atoms. The Labute approximate surface area is 129 Å². The lowest BCUT2D eigenvalue weighted by Gasteiger charge is -2.11. The van der Waals surface area contributed by atoms with Crippen molar-refractivity contribution in [3.8, 4) is 11.1 Å². The summed E-state index contributed by atoms with van der Waals surface area (Å²) in [6.07, 6.45) is 6.99. The van der Waals surface area contributed by atoms with Gasteiger partial charge in [0.2, 0.25) is 0 Å². The first-order valence-corrected chi connectivity index (χ1v) is 8.35. The molecule has 0 saturated heterocycles. The average Bonchev–Trinajstić information content (AvgIpc) is 2.87. The summed E-state index contributed by atoms with van der Waals surface area (Å²) in [6, 6.07) is 13.3. The van der Waals surface area contributed by atoms with Gasteiger partial charge in [-0.3, -0.25) is 0 Å². The van der Waals surface area contributed by atoms with Gasteiger partial charge in [0.15, 0.2) is 0 Å². The van der Waals surface area contributed by atoms with E-state index >= 15 is 0 Å². The van der Waals surface area contributed by atoms with E-state index in [0.29, 0.717) is 0 Å². The van der Waals surface area contributed by atoms with Crippen molar-refractivity contribution in [2.75, 3.05) is 0 Å². The van der Waals surface area contributed by atoms with Crippen LogP contribution in [0.15, 0.2) is 42.5 Å². The predicted molar refractivity (Wildman–Crippen MR) is 94.1 cm³/mol. The molecular weight excluding hydrogens is 272 g/mol. The quantitative estimate of drug-likeness (QED) is 0.504. The third kappa shape index (κ3) is 1.96. The molecule has 1 heterocycles. The predicted octanol–water partition coefficient (Wildman–Crippen LogP) is 6.14. The molecule has 1 aromatic heterocycles. The van der Waals surface area contributed by atoms with Crippen molar-refractivity contribution in [2.45, 2.75) is 26.7 Å². The molecule has 2 aromatic carbocycles. The molecule has 3 aromatic rings. The van der Waals surface area contributed by atoms with Gasteiger partial charge in [0.1, 0.15) is 0 Å². The van der Waals surface area contributed by atoms with Crippen LogP contribution < -0.4 is 0 Å². The summed E-state index contributed by atoms with van der Waals surface area (Å²) in [6.45, 7) is 4.44. The van der Waals surface area contributed by atoms with Crippen LogP contribution in [0.25, 0.3) is 27.3 Å². The van der Waals surface area contributed by atoms with Gasteiger partial charge in [-0.2, -0.15) is 0 Å². The highest BCUT2D eigenvalue weighted by molar-refractivity contribution is 7.20. The number of allylic oxidation sites excluding steroid dienone is 1. The molecule has 0 aliphatic heterocycles. The van der Waals surface area contributed by atoms with Crippen LogP contribution in [0.5, 0.6) is 0 Å². The van der Waals surface area contributed by atoms with Crippen LogP contribution in [0.2, 0.25) is 0 Å². The van der Waals surface area contributed by atoms with Gasteiger partial charge in [0, 0.05) is 20.5 Å². The van der Waals surface area contributed by atoms with Gasteiger partial charge in [-0.25, -0.2) is 0 Å². The van der Waals surface area contributed by atoms with Gasteiger partial charge in [-0.15, -0.1) is 11.3 Å². The Morgan fingerprint density at radius 2 is 1.81 bits per heavy atom. The maximum atomic E-state index is 2.31. The standard InChI is InChI=1S/C20H18S/c1-13-7-3-4-8-15(13)19-14(2)11-12-17-16-9-5-6-10-18(16)21-20(17)19/h3-5,7-9,11-12H,6,10H2,1-2H3. The Bertz CT molecular complexity index is 865. The van der Waals surface area contributed by atoms with Crippen LogP contribution in [0, 0.1) is 13.8 Å². The zero-order valence-corrected chi connectivity index (χ0v) is 13.3. The van der Waals surface area contributed by atoms with E-state index in [0.717, 1.165) is 0 Å². The normalized spacial score (nSPS) is 13.6. The van der Waals surface area contributed by atoms with Crippen LogP contribution >= 0.6 is 11.3 Å². The Morgan fingerprint density at radius 3 is 2.67 bits per heavy atom. The molecule has 0 fully saturated rings. The number of hydrogen-bond acceptors (Lipinski definition) is 1. The summed E-state index contributed by atoms with van der Waals surface area (Å²) in [5.74, 6) is 0. The van der Waals surface area contributed by atoms with Crippen LogP contribution in [0.3, 0.4) is 0 Å². The summed E-state index contributed by atoms with van der Waals surface area (Å²) in [7, 11) is 0. The fourth-order valence-corrected chi connectivity index (χ4v) is 4.71. The summed E-state index contributed by atoms with van der Waals surface area (Å²) >= 11 is 1.99. The molecule has 104 valence electrons. The monoisotopic (exact) mass is 290 g/mol. The molecule has 1 heteroatoms. The minimum absolute atomic E-state index is 1.18. The maximum Gasteiger partial charge on any atom is 0.0433 e. The molecule has 0 radical (unpaired) electrons. The van der Waals surface area contributed by atoms with E-state index in [-0.39, 0.29) is 0 Å². The van der Waals surface area contributed by atoms with Gasteiger partial charge in [0.05, 0.1) is 0 Å². The molecule has 0 nitrogen and oxygen atoms in total. The summed E-state index contributed by atoms with van der Waals surface area (Å²) in [4.78, 5) is 1.55. The van der Waals surface area contributed by atoms with Crippen LogP contribution in [-0.4, -0.2) is 0 Å². The molecule has 1 aliphatic carbocycles. The van der Waals surface area contributed by atoms with Crippen molar-refractivity contribution in [1.82, 2.24) is 0 Å². The lowest BCUT2D eigenvalue weighted by atomic mass is 9.93. The molecule has 0 atom stereocenters. The first-order chi connectivity index (χ1) is 10.3. The molecule has 1 aliphatic rings. The lowest BCUT2D eigenvalue weighted by molar-refractivity contribution is 1.02. The number of hydrogen-bond donors (Lipinski definition) is 0. The van der Waals surface area contributed by atoms with Crippen molar-refractivity contribution >= 4 is 27.5 Å². The highest BCUT2D eigenvalue weighted by atomic mass is 32.1. The number of fused-ring (bicyclic) bond motifs is 3. The Morgan fingerprint density at radius 1 is 0.952 bits per heavy atom. The van der Waals surface area contributed by atoms with Crippen molar-refractivity contribution in [3.05, 3.63) is 64.0 Å². The first kappa shape index (κ1) is 12.8. The van der Waals surface area contributed by atoms with Crippen LogP contribution in [0.4, 0.5) is 0 Å². The molecule has 0 unspecified atom stereocenters. The lowest BCUT2D eigenvalue weighted by Crippen LogP contribution is -1.88. The largest absolute Gasteiger partial charge is 0.139 e. The number of thiophene rings is 1. The number of rotatable bonds is 1. The number of aryl methyl sites for hydroxylation is 3. The first-order valence-electron chi connectivity index (χ1n) is 7.53. The Hall–Kier alpha value is -1.86. The van der Waals surface area contributed by atoms with Gasteiger partial charge in [0.25, 0.3) is 0 Å². The average molecular weight is 290 g/mol. The topological polar surface area (TPSA) is 0 Å². The van der Waals surface area contributed by atoms with Gasteiger partial charge < -0.3 is 0 Å². The van der Waals surface area contributed by atoms with Crippen molar-refractivity contribution in [3.63, 3.8) is 0 Å². The van der Waals surface area contributed by atoms with Gasteiger partial charge in [-0.05, 0) is 48.9 Å². The minimum atomic E-state index is 1.18.